The van der Waals surface area contributed by atoms with E-state index >= 15 is 0 Å². The first kappa shape index (κ1) is 17.7. The third-order valence-electron chi connectivity index (χ3n) is 3.25. The fraction of sp³-hybridized carbons (Fsp3) is 0.462. The highest BCUT2D eigenvalue weighted by Crippen LogP contribution is 2.25. The summed E-state index contributed by atoms with van der Waals surface area (Å²) in [6, 6.07) is 5.91. The Labute approximate surface area is 138 Å². The van der Waals surface area contributed by atoms with E-state index in [0.29, 0.717) is 23.3 Å². The predicted molar refractivity (Wildman–Crippen MR) is 88.9 cm³/mol. The van der Waals surface area contributed by atoms with Crippen LogP contribution < -0.4 is 10.6 Å². The van der Waals surface area contributed by atoms with Crippen molar-refractivity contribution >= 4 is 51.5 Å². The number of rotatable bonds is 4. The van der Waals surface area contributed by atoms with E-state index in [0.717, 1.165) is 24.0 Å². The zero-order valence-electron chi connectivity index (χ0n) is 11.2. The summed E-state index contributed by atoms with van der Waals surface area (Å²) < 4.78 is 0.895. The van der Waals surface area contributed by atoms with Gasteiger partial charge < -0.3 is 10.6 Å². The van der Waals surface area contributed by atoms with Gasteiger partial charge in [0.05, 0.1) is 17.3 Å². The summed E-state index contributed by atoms with van der Waals surface area (Å²) in [5.41, 5.74) is 0.652. The second-order valence-corrected chi connectivity index (χ2v) is 6.00. The largest absolute Gasteiger partial charge is 0.324 e. The van der Waals surface area contributed by atoms with E-state index in [1.807, 2.05) is 13.1 Å². The Morgan fingerprint density at radius 3 is 2.90 bits per heavy atom. The van der Waals surface area contributed by atoms with Crippen LogP contribution in [0.5, 0.6) is 0 Å². The Morgan fingerprint density at radius 2 is 2.30 bits per heavy atom. The molecule has 1 saturated heterocycles. The summed E-state index contributed by atoms with van der Waals surface area (Å²) in [6.45, 7) is 2.27. The average molecular weight is 383 g/mol. The minimum absolute atomic E-state index is 0. The number of amides is 1. The highest BCUT2D eigenvalue weighted by molar-refractivity contribution is 9.10. The van der Waals surface area contributed by atoms with Crippen LogP contribution in [-0.2, 0) is 4.79 Å². The van der Waals surface area contributed by atoms with Crippen molar-refractivity contribution in [1.29, 1.82) is 0 Å². The molecular weight excluding hydrogens is 365 g/mol. The van der Waals surface area contributed by atoms with Gasteiger partial charge in [-0.15, -0.1) is 12.4 Å². The molecule has 1 unspecified atom stereocenters. The number of halogens is 3. The topological polar surface area (TPSA) is 44.4 Å². The molecule has 112 valence electrons. The first-order valence-electron chi connectivity index (χ1n) is 6.23. The van der Waals surface area contributed by atoms with Crippen LogP contribution >= 0.6 is 39.9 Å². The van der Waals surface area contributed by atoms with Gasteiger partial charge in [0, 0.05) is 23.6 Å². The maximum atomic E-state index is 12.0. The molecule has 2 rings (SSSR count). The fourth-order valence-electron chi connectivity index (χ4n) is 2.20. The highest BCUT2D eigenvalue weighted by Gasteiger charge is 2.22. The molecule has 0 saturated carbocycles. The molecule has 0 aliphatic carbocycles. The molecule has 0 aromatic heterocycles. The smallest absolute Gasteiger partial charge is 0.238 e. The lowest BCUT2D eigenvalue weighted by molar-refractivity contribution is -0.117. The summed E-state index contributed by atoms with van der Waals surface area (Å²) in [6.07, 6.45) is 1.09. The van der Waals surface area contributed by atoms with Crippen LogP contribution in [0, 0.1) is 0 Å². The summed E-state index contributed by atoms with van der Waals surface area (Å²) >= 11 is 9.40. The van der Waals surface area contributed by atoms with Crippen molar-refractivity contribution in [2.75, 3.05) is 32.0 Å². The zero-order chi connectivity index (χ0) is 13.8. The van der Waals surface area contributed by atoms with Crippen molar-refractivity contribution in [3.63, 3.8) is 0 Å². The monoisotopic (exact) mass is 381 g/mol. The number of likely N-dealkylation sites (N-methyl/N-ethyl adjacent to an activating group) is 1. The molecule has 20 heavy (non-hydrogen) atoms. The third kappa shape index (κ3) is 4.90. The van der Waals surface area contributed by atoms with Crippen molar-refractivity contribution in [1.82, 2.24) is 10.2 Å². The van der Waals surface area contributed by atoms with Gasteiger partial charge in [0.15, 0.2) is 0 Å². The summed E-state index contributed by atoms with van der Waals surface area (Å²) in [5, 5.41) is 6.61. The van der Waals surface area contributed by atoms with E-state index in [1.165, 1.54) is 0 Å². The van der Waals surface area contributed by atoms with Crippen LogP contribution in [0.2, 0.25) is 5.02 Å². The van der Waals surface area contributed by atoms with E-state index in [2.05, 4.69) is 31.5 Å². The summed E-state index contributed by atoms with van der Waals surface area (Å²) in [7, 11) is 1.95. The van der Waals surface area contributed by atoms with Crippen LogP contribution in [0.3, 0.4) is 0 Å². The Balaban J connectivity index is 0.00000200. The lowest BCUT2D eigenvalue weighted by atomic mass is 10.3. The molecule has 1 heterocycles. The number of nitrogens with one attached hydrogen (secondary N) is 2. The number of hydrogen-bond donors (Lipinski definition) is 2. The minimum atomic E-state index is -0.0269. The molecule has 1 aromatic rings. The lowest BCUT2D eigenvalue weighted by Crippen LogP contribution is -2.34. The van der Waals surface area contributed by atoms with Gasteiger partial charge in [0.2, 0.25) is 5.91 Å². The van der Waals surface area contributed by atoms with Crippen LogP contribution in [0.15, 0.2) is 22.7 Å². The summed E-state index contributed by atoms with van der Waals surface area (Å²) in [5.74, 6) is -0.0269. The van der Waals surface area contributed by atoms with Crippen LogP contribution in [0.25, 0.3) is 0 Å². The molecule has 1 aliphatic rings. The molecule has 0 radical (unpaired) electrons. The lowest BCUT2D eigenvalue weighted by Gasteiger charge is -2.16. The van der Waals surface area contributed by atoms with Crippen LogP contribution in [0.4, 0.5) is 5.69 Å². The molecule has 0 spiro atoms. The van der Waals surface area contributed by atoms with Crippen LogP contribution in [-0.4, -0.2) is 43.5 Å². The molecule has 1 fully saturated rings. The van der Waals surface area contributed by atoms with E-state index < -0.39 is 0 Å². The second kappa shape index (κ2) is 8.20. The SMILES string of the molecule is CNC1CCN(CC(=O)Nc2ccc(Br)cc2Cl)C1.Cl. The fourth-order valence-corrected chi connectivity index (χ4v) is 2.92. The molecular formula is C13H18BrCl2N3O. The van der Waals surface area contributed by atoms with Crippen molar-refractivity contribution in [3.8, 4) is 0 Å². The van der Waals surface area contributed by atoms with Gasteiger partial charge in [0.25, 0.3) is 0 Å². The second-order valence-electron chi connectivity index (χ2n) is 4.68. The Hall–Kier alpha value is -0.330. The predicted octanol–water partition coefficient (Wildman–Crippen LogP) is 2.76. The number of carbonyl (C=O) groups excluding carboxylic acids is 1. The third-order valence-corrected chi connectivity index (χ3v) is 4.06. The normalized spacial score (nSPS) is 18.6. The van der Waals surface area contributed by atoms with Crippen LogP contribution in [0.1, 0.15) is 6.42 Å². The van der Waals surface area contributed by atoms with E-state index in [9.17, 15) is 4.79 Å². The Morgan fingerprint density at radius 1 is 1.55 bits per heavy atom. The minimum Gasteiger partial charge on any atom is -0.324 e. The van der Waals surface area contributed by atoms with E-state index in [1.54, 1.807) is 12.1 Å². The first-order chi connectivity index (χ1) is 9.08. The quantitative estimate of drug-likeness (QED) is 0.841. The molecule has 1 amide bonds. The molecule has 4 nitrogen and oxygen atoms in total. The Bertz CT molecular complexity index is 473. The molecule has 2 N–H and O–H groups in total. The van der Waals surface area contributed by atoms with E-state index in [4.69, 9.17) is 11.6 Å². The molecule has 0 bridgehead atoms. The average Bonchev–Trinajstić information content (AvgIpc) is 2.80. The number of hydrogen-bond acceptors (Lipinski definition) is 3. The van der Waals surface area contributed by atoms with Gasteiger partial charge in [-0.05, 0) is 31.7 Å². The number of benzene rings is 1. The maximum absolute atomic E-state index is 12.0. The molecule has 1 aromatic carbocycles. The molecule has 1 atom stereocenters. The maximum Gasteiger partial charge on any atom is 0.238 e. The first-order valence-corrected chi connectivity index (χ1v) is 7.40. The standard InChI is InChI=1S/C13H17BrClN3O.ClH/c1-16-10-4-5-18(7-10)8-13(19)17-12-3-2-9(14)6-11(12)15;/h2-3,6,10,16H,4-5,7-8H2,1H3,(H,17,19);1H. The van der Waals surface area contributed by atoms with Gasteiger partial charge in [-0.2, -0.15) is 0 Å². The number of nitrogens with zero attached hydrogens (tertiary/aromatic N) is 1. The van der Waals surface area contributed by atoms with Gasteiger partial charge in [0.1, 0.15) is 0 Å². The van der Waals surface area contributed by atoms with Crippen molar-refractivity contribution in [2.24, 2.45) is 0 Å². The van der Waals surface area contributed by atoms with Crippen molar-refractivity contribution in [3.05, 3.63) is 27.7 Å². The number of likely N-dealkylation sites (tertiary alicyclic amines) is 1. The highest BCUT2D eigenvalue weighted by atomic mass is 79.9. The van der Waals surface area contributed by atoms with Gasteiger partial charge in [-0.25, -0.2) is 0 Å². The zero-order valence-corrected chi connectivity index (χ0v) is 14.3. The van der Waals surface area contributed by atoms with Gasteiger partial charge >= 0.3 is 0 Å². The van der Waals surface area contributed by atoms with Gasteiger partial charge in [-0.3, -0.25) is 9.69 Å². The Kier molecular flexibility index (Phi) is 7.26. The van der Waals surface area contributed by atoms with Crippen molar-refractivity contribution in [2.45, 2.75) is 12.5 Å². The summed E-state index contributed by atoms with van der Waals surface area (Å²) in [4.78, 5) is 14.1. The molecule has 1 aliphatic heterocycles. The number of anilines is 1. The van der Waals surface area contributed by atoms with E-state index in [-0.39, 0.29) is 18.3 Å². The van der Waals surface area contributed by atoms with Crippen molar-refractivity contribution < 1.29 is 4.79 Å². The molecule has 7 heteroatoms. The number of carbonyl (C=O) groups is 1. The van der Waals surface area contributed by atoms with Gasteiger partial charge in [-0.1, -0.05) is 27.5 Å².